The number of halogens is 1. The summed E-state index contributed by atoms with van der Waals surface area (Å²) in [5.74, 6) is 0. The third kappa shape index (κ3) is 4.92. The number of likely N-dealkylation sites (tertiary alicyclic amines) is 1. The number of alkyl halides is 1. The van der Waals surface area contributed by atoms with Gasteiger partial charge in [-0.3, -0.25) is 0 Å². The summed E-state index contributed by atoms with van der Waals surface area (Å²) >= 11 is 3.52. The van der Waals surface area contributed by atoms with Crippen molar-refractivity contribution in [1.82, 2.24) is 4.90 Å². The molecule has 3 rings (SSSR count). The van der Waals surface area contributed by atoms with E-state index in [2.05, 4.69) is 81.5 Å². The van der Waals surface area contributed by atoms with E-state index in [1.807, 2.05) is 0 Å². The van der Waals surface area contributed by atoms with Gasteiger partial charge in [-0.1, -0.05) is 76.6 Å². The van der Waals surface area contributed by atoms with Gasteiger partial charge in [-0.05, 0) is 36.9 Å². The fraction of sp³-hybridized carbons (Fsp3) is 0.429. The Balaban J connectivity index is 1.65. The highest BCUT2D eigenvalue weighted by Crippen LogP contribution is 2.29. The van der Waals surface area contributed by atoms with Crippen molar-refractivity contribution in [3.63, 3.8) is 0 Å². The van der Waals surface area contributed by atoms with Crippen LogP contribution in [0.5, 0.6) is 0 Å². The zero-order valence-corrected chi connectivity index (χ0v) is 15.7. The number of ether oxygens (including phenoxy) is 1. The van der Waals surface area contributed by atoms with Gasteiger partial charge in [-0.15, -0.1) is 0 Å². The van der Waals surface area contributed by atoms with Crippen molar-refractivity contribution in [2.24, 2.45) is 0 Å². The third-order valence-electron chi connectivity index (χ3n) is 4.68. The highest BCUT2D eigenvalue weighted by Gasteiger charge is 2.24. The van der Waals surface area contributed by atoms with Crippen LogP contribution in [0.2, 0.25) is 0 Å². The van der Waals surface area contributed by atoms with Gasteiger partial charge in [0, 0.05) is 18.4 Å². The lowest BCUT2D eigenvalue weighted by Gasteiger charge is -2.34. The van der Waals surface area contributed by atoms with Gasteiger partial charge >= 0.3 is 0 Å². The Morgan fingerprint density at radius 3 is 1.96 bits per heavy atom. The van der Waals surface area contributed by atoms with Gasteiger partial charge in [-0.25, -0.2) is 0 Å². The first-order valence-corrected chi connectivity index (χ1v) is 10.0. The van der Waals surface area contributed by atoms with Crippen molar-refractivity contribution >= 4 is 15.9 Å². The van der Waals surface area contributed by atoms with Crippen molar-refractivity contribution in [2.45, 2.75) is 31.5 Å². The Hall–Kier alpha value is -1.16. The average Bonchev–Trinajstić information content (AvgIpc) is 2.67. The molecule has 128 valence electrons. The van der Waals surface area contributed by atoms with Gasteiger partial charge < -0.3 is 9.64 Å². The summed E-state index contributed by atoms with van der Waals surface area (Å²) in [6.45, 7) is 3.49. The topological polar surface area (TPSA) is 12.5 Å². The Bertz CT molecular complexity index is 542. The second kappa shape index (κ2) is 9.36. The molecule has 0 N–H and O–H groups in total. The van der Waals surface area contributed by atoms with Crippen LogP contribution in [-0.4, -0.2) is 36.0 Å². The van der Waals surface area contributed by atoms with Gasteiger partial charge in [0.1, 0.15) is 6.10 Å². The van der Waals surface area contributed by atoms with Crippen LogP contribution in [0.3, 0.4) is 0 Å². The molecule has 3 heteroatoms. The predicted octanol–water partition coefficient (Wildman–Crippen LogP) is 5.04. The van der Waals surface area contributed by atoms with Gasteiger partial charge in [0.15, 0.2) is 0 Å². The van der Waals surface area contributed by atoms with E-state index in [1.165, 1.54) is 24.1 Å². The second-order valence-corrected chi connectivity index (χ2v) is 7.21. The highest BCUT2D eigenvalue weighted by molar-refractivity contribution is 9.09. The summed E-state index contributed by atoms with van der Waals surface area (Å²) in [7, 11) is 0. The first-order chi connectivity index (χ1) is 11.9. The lowest BCUT2D eigenvalue weighted by molar-refractivity contribution is -0.0268. The lowest BCUT2D eigenvalue weighted by atomic mass is 10.00. The molecule has 1 heterocycles. The molecule has 0 unspecified atom stereocenters. The van der Waals surface area contributed by atoms with E-state index >= 15 is 0 Å². The van der Waals surface area contributed by atoms with Gasteiger partial charge in [0.2, 0.25) is 0 Å². The molecular weight excluding hydrogens is 362 g/mol. The van der Waals surface area contributed by atoms with Crippen LogP contribution in [-0.2, 0) is 4.74 Å². The van der Waals surface area contributed by atoms with Crippen LogP contribution in [0.15, 0.2) is 60.7 Å². The van der Waals surface area contributed by atoms with Crippen LogP contribution in [0.4, 0.5) is 0 Å². The number of benzene rings is 2. The van der Waals surface area contributed by atoms with Crippen LogP contribution in [0.25, 0.3) is 0 Å². The average molecular weight is 388 g/mol. The number of nitrogens with zero attached hydrogens (tertiary/aromatic N) is 1. The normalized spacial score (nSPS) is 16.6. The lowest BCUT2D eigenvalue weighted by Crippen LogP contribution is -2.38. The Morgan fingerprint density at radius 1 is 0.917 bits per heavy atom. The first kappa shape index (κ1) is 17.7. The third-order valence-corrected chi connectivity index (χ3v) is 5.24. The Kier molecular flexibility index (Phi) is 6.88. The fourth-order valence-electron chi connectivity index (χ4n) is 3.35. The predicted molar refractivity (Wildman–Crippen MR) is 104 cm³/mol. The van der Waals surface area contributed by atoms with Crippen LogP contribution < -0.4 is 0 Å². The summed E-state index contributed by atoms with van der Waals surface area (Å²) in [6.07, 6.45) is 3.85. The molecule has 0 amide bonds. The van der Waals surface area contributed by atoms with E-state index in [1.54, 1.807) is 0 Å². The fourth-order valence-corrected chi connectivity index (χ4v) is 3.60. The molecule has 0 radical (unpaired) electrons. The number of rotatable bonds is 7. The van der Waals surface area contributed by atoms with Crippen LogP contribution in [0, 0.1) is 0 Å². The SMILES string of the molecule is BrCCCN1CCC(OC(c2ccccc2)c2ccccc2)CC1. The maximum Gasteiger partial charge on any atom is 0.108 e. The zero-order valence-electron chi connectivity index (χ0n) is 14.1. The van der Waals surface area contributed by atoms with Crippen molar-refractivity contribution in [3.8, 4) is 0 Å². The minimum Gasteiger partial charge on any atom is -0.365 e. The molecule has 0 spiro atoms. The highest BCUT2D eigenvalue weighted by atomic mass is 79.9. The molecule has 0 atom stereocenters. The minimum absolute atomic E-state index is 0.0338. The maximum atomic E-state index is 6.58. The van der Waals surface area contributed by atoms with E-state index in [0.717, 1.165) is 31.3 Å². The van der Waals surface area contributed by atoms with Gasteiger partial charge in [-0.2, -0.15) is 0 Å². The molecule has 2 nitrogen and oxygen atoms in total. The summed E-state index contributed by atoms with van der Waals surface area (Å²) < 4.78 is 6.58. The van der Waals surface area contributed by atoms with E-state index < -0.39 is 0 Å². The van der Waals surface area contributed by atoms with E-state index in [0.29, 0.717) is 6.10 Å². The second-order valence-electron chi connectivity index (χ2n) is 6.42. The molecule has 1 fully saturated rings. The first-order valence-electron chi connectivity index (χ1n) is 8.90. The van der Waals surface area contributed by atoms with Crippen LogP contribution >= 0.6 is 15.9 Å². The monoisotopic (exact) mass is 387 g/mol. The molecule has 1 aliphatic rings. The van der Waals surface area contributed by atoms with Crippen LogP contribution in [0.1, 0.15) is 36.5 Å². The number of hydrogen-bond acceptors (Lipinski definition) is 2. The molecule has 24 heavy (non-hydrogen) atoms. The molecule has 1 aliphatic heterocycles. The number of hydrogen-bond donors (Lipinski definition) is 0. The molecule has 0 saturated carbocycles. The number of piperidine rings is 1. The quantitative estimate of drug-likeness (QED) is 0.616. The molecular formula is C21H26BrNO. The summed E-state index contributed by atoms with van der Waals surface area (Å²) in [5, 5.41) is 1.09. The summed E-state index contributed by atoms with van der Waals surface area (Å²) in [5.41, 5.74) is 2.48. The van der Waals surface area contributed by atoms with E-state index in [9.17, 15) is 0 Å². The summed E-state index contributed by atoms with van der Waals surface area (Å²) in [4.78, 5) is 2.56. The van der Waals surface area contributed by atoms with Crippen molar-refractivity contribution in [1.29, 1.82) is 0 Å². The Morgan fingerprint density at radius 2 is 1.46 bits per heavy atom. The maximum absolute atomic E-state index is 6.58. The molecule has 0 aliphatic carbocycles. The van der Waals surface area contributed by atoms with Crippen molar-refractivity contribution in [2.75, 3.05) is 25.0 Å². The standard InChI is InChI=1S/C21H26BrNO/c22-14-7-15-23-16-12-20(13-17-23)24-21(18-8-3-1-4-9-18)19-10-5-2-6-11-19/h1-6,8-11,20-21H,7,12-17H2. The Labute approximate surface area is 154 Å². The van der Waals surface area contributed by atoms with Crippen molar-refractivity contribution < 1.29 is 4.74 Å². The van der Waals surface area contributed by atoms with Gasteiger partial charge in [0.05, 0.1) is 6.10 Å². The molecule has 1 saturated heterocycles. The molecule has 2 aromatic carbocycles. The largest absolute Gasteiger partial charge is 0.365 e. The zero-order chi connectivity index (χ0) is 16.6. The molecule has 2 aromatic rings. The summed E-state index contributed by atoms with van der Waals surface area (Å²) in [6, 6.07) is 21.2. The minimum atomic E-state index is 0.0338. The smallest absolute Gasteiger partial charge is 0.108 e. The van der Waals surface area contributed by atoms with E-state index in [-0.39, 0.29) is 6.10 Å². The van der Waals surface area contributed by atoms with Crippen molar-refractivity contribution in [3.05, 3.63) is 71.8 Å². The van der Waals surface area contributed by atoms with Gasteiger partial charge in [0.25, 0.3) is 0 Å². The molecule has 0 bridgehead atoms. The molecule has 0 aromatic heterocycles. The van der Waals surface area contributed by atoms with E-state index in [4.69, 9.17) is 4.74 Å².